The lowest BCUT2D eigenvalue weighted by Gasteiger charge is -2.16. The second kappa shape index (κ2) is 13.6. The molecule has 2 aromatic carbocycles. The van der Waals surface area contributed by atoms with Crippen LogP contribution >= 0.6 is 27.5 Å². The molecule has 11 heteroatoms. The molecule has 4 aromatic rings. The number of hydrogen-bond acceptors (Lipinski definition) is 7. The van der Waals surface area contributed by atoms with Crippen LogP contribution in [0, 0.1) is 13.8 Å². The summed E-state index contributed by atoms with van der Waals surface area (Å²) in [5, 5.41) is 4.40. The molecule has 1 atom stereocenters. The second-order valence-corrected chi connectivity index (χ2v) is 10.3. The Kier molecular flexibility index (Phi) is 9.91. The monoisotopic (exact) mass is 641 g/mol. The number of halogens is 2. The van der Waals surface area contributed by atoms with E-state index >= 15 is 0 Å². The molecule has 1 amide bonds. The van der Waals surface area contributed by atoms with Crippen molar-refractivity contribution in [2.45, 2.75) is 40.4 Å². The molecule has 0 spiro atoms. The van der Waals surface area contributed by atoms with E-state index in [9.17, 15) is 9.59 Å². The van der Waals surface area contributed by atoms with Gasteiger partial charge in [0.25, 0.3) is 0 Å². The standard InChI is InChI=1S/C30H29BrClN3O6/c1-5-38-30(37)20(4)40-28-21(14-22(32)15-26(28)31)16-33-34-29(36)27-13-12-25(41-27)17-39-24-10-8-23(9-11-24)35-18(2)6-7-19(35)3/h6-16,20H,5,17H2,1-4H3,(H,34,36)/b33-16+/t20-/m1/s1. The molecule has 0 radical (unpaired) electrons. The molecule has 0 saturated heterocycles. The molecular weight excluding hydrogens is 614 g/mol. The highest BCUT2D eigenvalue weighted by Gasteiger charge is 2.20. The maximum atomic E-state index is 12.6. The Morgan fingerprint density at radius 3 is 2.49 bits per heavy atom. The first-order chi connectivity index (χ1) is 19.7. The summed E-state index contributed by atoms with van der Waals surface area (Å²) in [5.41, 5.74) is 6.20. The van der Waals surface area contributed by atoms with Crippen LogP contribution < -0.4 is 14.9 Å². The number of aryl methyl sites for hydroxylation is 2. The first-order valence-electron chi connectivity index (χ1n) is 12.8. The van der Waals surface area contributed by atoms with Gasteiger partial charge in [0.05, 0.1) is 17.3 Å². The molecule has 0 unspecified atom stereocenters. The third kappa shape index (κ3) is 7.59. The predicted octanol–water partition coefficient (Wildman–Crippen LogP) is 6.78. The van der Waals surface area contributed by atoms with Gasteiger partial charge < -0.3 is 23.2 Å². The molecule has 0 aliphatic heterocycles. The van der Waals surface area contributed by atoms with E-state index in [1.165, 1.54) is 12.3 Å². The average Bonchev–Trinajstić information content (AvgIpc) is 3.55. The molecule has 0 aliphatic rings. The SMILES string of the molecule is CCOC(=O)[C@@H](C)Oc1c(Br)cc(Cl)cc1/C=N/NC(=O)c1ccc(COc2ccc(-n3c(C)ccc3C)cc2)o1. The van der Waals surface area contributed by atoms with E-state index in [0.717, 1.165) is 17.1 Å². The lowest BCUT2D eigenvalue weighted by Crippen LogP contribution is -2.26. The molecule has 2 aromatic heterocycles. The van der Waals surface area contributed by atoms with Crippen LogP contribution in [0.1, 0.15) is 47.1 Å². The van der Waals surface area contributed by atoms with Crippen molar-refractivity contribution >= 4 is 45.6 Å². The van der Waals surface area contributed by atoms with Crippen molar-refractivity contribution in [1.29, 1.82) is 0 Å². The summed E-state index contributed by atoms with van der Waals surface area (Å²) < 4.78 is 24.9. The van der Waals surface area contributed by atoms with E-state index in [1.807, 2.05) is 24.3 Å². The minimum absolute atomic E-state index is 0.0642. The minimum Gasteiger partial charge on any atom is -0.486 e. The largest absolute Gasteiger partial charge is 0.486 e. The summed E-state index contributed by atoms with van der Waals surface area (Å²) in [6.07, 6.45) is 0.485. The highest BCUT2D eigenvalue weighted by molar-refractivity contribution is 9.10. The summed E-state index contributed by atoms with van der Waals surface area (Å²) >= 11 is 9.56. The summed E-state index contributed by atoms with van der Waals surface area (Å²) in [4.78, 5) is 24.6. The third-order valence-electron chi connectivity index (χ3n) is 5.95. The maximum absolute atomic E-state index is 12.6. The molecule has 41 heavy (non-hydrogen) atoms. The van der Waals surface area contributed by atoms with E-state index in [1.54, 1.807) is 32.0 Å². The Hall–Kier alpha value is -4.02. The van der Waals surface area contributed by atoms with Gasteiger partial charge in [-0.25, -0.2) is 10.2 Å². The summed E-state index contributed by atoms with van der Waals surface area (Å²) in [6, 6.07) is 18.3. The van der Waals surface area contributed by atoms with Gasteiger partial charge in [-0.1, -0.05) is 11.6 Å². The van der Waals surface area contributed by atoms with Crippen LogP contribution in [0.4, 0.5) is 0 Å². The topological polar surface area (TPSA) is 104 Å². The van der Waals surface area contributed by atoms with Crippen molar-refractivity contribution in [3.8, 4) is 17.2 Å². The summed E-state index contributed by atoms with van der Waals surface area (Å²) in [5.74, 6) is 0.459. The number of rotatable bonds is 11. The van der Waals surface area contributed by atoms with Gasteiger partial charge in [-0.3, -0.25) is 4.79 Å². The van der Waals surface area contributed by atoms with Crippen molar-refractivity contribution in [1.82, 2.24) is 9.99 Å². The third-order valence-corrected chi connectivity index (χ3v) is 6.76. The van der Waals surface area contributed by atoms with E-state index < -0.39 is 18.0 Å². The molecule has 9 nitrogen and oxygen atoms in total. The Morgan fingerprint density at radius 2 is 1.80 bits per heavy atom. The normalized spacial score (nSPS) is 11.9. The van der Waals surface area contributed by atoms with Gasteiger partial charge >= 0.3 is 11.9 Å². The van der Waals surface area contributed by atoms with Gasteiger partial charge in [0.15, 0.2) is 11.9 Å². The van der Waals surface area contributed by atoms with Gasteiger partial charge in [0, 0.05) is 27.7 Å². The molecule has 0 bridgehead atoms. The number of hydrazone groups is 1. The number of carbonyl (C=O) groups excluding carboxylic acids is 2. The van der Waals surface area contributed by atoms with Crippen LogP contribution in [-0.4, -0.2) is 35.4 Å². The first-order valence-corrected chi connectivity index (χ1v) is 14.0. The van der Waals surface area contributed by atoms with Gasteiger partial charge in [-0.2, -0.15) is 5.10 Å². The Bertz CT molecular complexity index is 1540. The molecule has 4 rings (SSSR count). The molecule has 2 heterocycles. The summed E-state index contributed by atoms with van der Waals surface area (Å²) in [7, 11) is 0. The fourth-order valence-corrected chi connectivity index (χ4v) is 4.93. The molecule has 0 saturated carbocycles. The maximum Gasteiger partial charge on any atom is 0.347 e. The van der Waals surface area contributed by atoms with Gasteiger partial charge in [0.2, 0.25) is 0 Å². The van der Waals surface area contributed by atoms with Gasteiger partial charge in [-0.05, 0) is 104 Å². The Balaban J connectivity index is 1.35. The molecule has 0 aliphatic carbocycles. The van der Waals surface area contributed by atoms with Crippen molar-refractivity contribution in [3.05, 3.63) is 98.6 Å². The van der Waals surface area contributed by atoms with E-state index in [2.05, 4.69) is 57.0 Å². The fraction of sp³-hybridized carbons (Fsp3) is 0.233. The van der Waals surface area contributed by atoms with Crippen molar-refractivity contribution in [2.24, 2.45) is 5.10 Å². The Labute approximate surface area is 251 Å². The van der Waals surface area contributed by atoms with Crippen LogP contribution in [0.3, 0.4) is 0 Å². The fourth-order valence-electron chi connectivity index (χ4n) is 4.00. The lowest BCUT2D eigenvalue weighted by molar-refractivity contribution is -0.150. The molecule has 0 fully saturated rings. The van der Waals surface area contributed by atoms with Crippen LogP contribution in [0.15, 0.2) is 74.7 Å². The van der Waals surface area contributed by atoms with Crippen LogP contribution in [0.2, 0.25) is 5.02 Å². The van der Waals surface area contributed by atoms with Crippen molar-refractivity contribution < 1.29 is 28.2 Å². The van der Waals surface area contributed by atoms with Crippen molar-refractivity contribution in [3.63, 3.8) is 0 Å². The zero-order chi connectivity index (χ0) is 29.5. The quantitative estimate of drug-likeness (QED) is 0.110. The second-order valence-electron chi connectivity index (χ2n) is 9.02. The van der Waals surface area contributed by atoms with Crippen molar-refractivity contribution in [2.75, 3.05) is 6.61 Å². The average molecular weight is 643 g/mol. The van der Waals surface area contributed by atoms with Crippen LogP contribution in [0.25, 0.3) is 5.69 Å². The molecule has 1 N–H and O–H groups in total. The van der Waals surface area contributed by atoms with Gasteiger partial charge in [-0.15, -0.1) is 0 Å². The number of hydrogen-bond donors (Lipinski definition) is 1. The molecule has 214 valence electrons. The number of ether oxygens (including phenoxy) is 3. The number of aromatic nitrogens is 1. The minimum atomic E-state index is -0.872. The van der Waals surface area contributed by atoms with E-state index in [-0.39, 0.29) is 19.0 Å². The number of esters is 1. The van der Waals surface area contributed by atoms with Gasteiger partial charge in [0.1, 0.15) is 23.9 Å². The van der Waals surface area contributed by atoms with E-state index in [0.29, 0.717) is 32.3 Å². The smallest absolute Gasteiger partial charge is 0.347 e. The molecular formula is C30H29BrClN3O6. The highest BCUT2D eigenvalue weighted by Crippen LogP contribution is 2.33. The van der Waals surface area contributed by atoms with E-state index in [4.69, 9.17) is 30.2 Å². The number of furan rings is 1. The van der Waals surface area contributed by atoms with Crippen LogP contribution in [0.5, 0.6) is 11.5 Å². The Morgan fingerprint density at radius 1 is 1.10 bits per heavy atom. The predicted molar refractivity (Wildman–Crippen MR) is 159 cm³/mol. The zero-order valence-electron chi connectivity index (χ0n) is 22.9. The lowest BCUT2D eigenvalue weighted by atomic mass is 10.2. The first kappa shape index (κ1) is 30.0. The summed E-state index contributed by atoms with van der Waals surface area (Å²) in [6.45, 7) is 7.78. The highest BCUT2D eigenvalue weighted by atomic mass is 79.9. The number of carbonyl (C=O) groups is 2. The number of amides is 1. The van der Waals surface area contributed by atoms with Crippen LogP contribution in [-0.2, 0) is 16.1 Å². The number of nitrogens with one attached hydrogen (secondary N) is 1. The number of benzene rings is 2. The number of nitrogens with zero attached hydrogens (tertiary/aromatic N) is 2. The zero-order valence-corrected chi connectivity index (χ0v) is 25.3.